The van der Waals surface area contributed by atoms with Gasteiger partial charge in [-0.05, 0) is 12.0 Å². The first-order chi connectivity index (χ1) is 9.08. The van der Waals surface area contributed by atoms with E-state index in [0.717, 1.165) is 0 Å². The summed E-state index contributed by atoms with van der Waals surface area (Å²) < 4.78 is 0. The Balaban J connectivity index is 2.18. The first kappa shape index (κ1) is 12.7. The zero-order valence-corrected chi connectivity index (χ0v) is 9.81. The van der Waals surface area contributed by atoms with E-state index in [9.17, 15) is 20.0 Å². The number of carboxylic acid groups (broad SMARTS) is 1. The molecule has 7 nitrogen and oxygen atoms in total. The third kappa shape index (κ3) is 2.95. The molecule has 0 aliphatic rings. The van der Waals surface area contributed by atoms with Crippen LogP contribution in [0.5, 0.6) is 0 Å². The summed E-state index contributed by atoms with van der Waals surface area (Å²) in [4.78, 5) is 27.8. The molecule has 2 N–H and O–H groups in total. The van der Waals surface area contributed by atoms with E-state index in [0.29, 0.717) is 11.3 Å². The highest BCUT2D eigenvalue weighted by Gasteiger charge is 2.21. The Hall–Kier alpha value is -2.70. The summed E-state index contributed by atoms with van der Waals surface area (Å²) in [6, 6.07) is 5.84. The maximum absolute atomic E-state index is 11.2. The van der Waals surface area contributed by atoms with Gasteiger partial charge in [0, 0.05) is 24.0 Å². The summed E-state index contributed by atoms with van der Waals surface area (Å²) >= 11 is 0. The first-order valence-electron chi connectivity index (χ1n) is 5.52. The molecule has 98 valence electrons. The number of nitrogens with one attached hydrogen (secondary N) is 1. The lowest BCUT2D eigenvalue weighted by Gasteiger charge is -2.10. The molecule has 0 spiro atoms. The number of benzene rings is 1. The molecule has 7 heteroatoms. The third-order valence-corrected chi connectivity index (χ3v) is 2.78. The molecule has 2 aromatic rings. The van der Waals surface area contributed by atoms with E-state index in [2.05, 4.69) is 9.97 Å². The molecule has 1 aromatic carbocycles. The molecule has 19 heavy (non-hydrogen) atoms. The monoisotopic (exact) mass is 261 g/mol. The number of hydrogen-bond acceptors (Lipinski definition) is 4. The van der Waals surface area contributed by atoms with Crippen molar-refractivity contribution >= 4 is 11.7 Å². The number of nitro benzene ring substituents is 1. The summed E-state index contributed by atoms with van der Waals surface area (Å²) in [6.07, 6.45) is 3.13. The number of rotatable bonds is 5. The van der Waals surface area contributed by atoms with Crippen molar-refractivity contribution in [3.05, 3.63) is 58.2 Å². The molecule has 0 aliphatic heterocycles. The van der Waals surface area contributed by atoms with Crippen molar-refractivity contribution in [1.82, 2.24) is 9.97 Å². The Kier molecular flexibility index (Phi) is 3.56. The van der Waals surface area contributed by atoms with E-state index in [1.807, 2.05) is 0 Å². The highest BCUT2D eigenvalue weighted by atomic mass is 16.6. The van der Waals surface area contributed by atoms with Crippen LogP contribution in [-0.2, 0) is 11.2 Å². The van der Waals surface area contributed by atoms with Crippen molar-refractivity contribution in [3.63, 3.8) is 0 Å². The fourth-order valence-electron chi connectivity index (χ4n) is 1.78. The van der Waals surface area contributed by atoms with Gasteiger partial charge in [-0.25, -0.2) is 4.98 Å². The number of aliphatic carboxylic acids is 1. The number of aromatic amines is 1. The average molecular weight is 261 g/mol. The Labute approximate surface area is 108 Å². The van der Waals surface area contributed by atoms with Crippen LogP contribution < -0.4 is 0 Å². The highest BCUT2D eigenvalue weighted by molar-refractivity contribution is 5.75. The quantitative estimate of drug-likeness (QED) is 0.629. The van der Waals surface area contributed by atoms with Gasteiger partial charge in [0.2, 0.25) is 0 Å². The minimum atomic E-state index is -0.970. The maximum atomic E-state index is 11.2. The zero-order valence-electron chi connectivity index (χ0n) is 9.81. The Bertz CT molecular complexity index is 578. The lowest BCUT2D eigenvalue weighted by molar-refractivity contribution is -0.384. The Morgan fingerprint density at radius 2 is 2.11 bits per heavy atom. The van der Waals surface area contributed by atoms with Gasteiger partial charge < -0.3 is 10.1 Å². The molecule has 0 saturated carbocycles. The molecule has 0 aliphatic carbocycles. The van der Waals surface area contributed by atoms with Crippen LogP contribution in [0.1, 0.15) is 17.2 Å². The molecule has 1 heterocycles. The van der Waals surface area contributed by atoms with E-state index < -0.39 is 16.8 Å². The van der Waals surface area contributed by atoms with Crippen LogP contribution in [-0.4, -0.2) is 26.0 Å². The van der Waals surface area contributed by atoms with Crippen molar-refractivity contribution in [2.75, 3.05) is 0 Å². The molecule has 2 rings (SSSR count). The van der Waals surface area contributed by atoms with Gasteiger partial charge in [-0.1, -0.05) is 12.1 Å². The molecule has 1 aromatic heterocycles. The molecule has 1 atom stereocenters. The van der Waals surface area contributed by atoms with Crippen LogP contribution in [0.2, 0.25) is 0 Å². The van der Waals surface area contributed by atoms with Gasteiger partial charge in [0.05, 0.1) is 11.3 Å². The predicted octanol–water partition coefficient (Wildman–Crippen LogP) is 1.73. The smallest absolute Gasteiger partial charge is 0.312 e. The standard InChI is InChI=1S/C12H11N3O4/c16-12(17)10(11-6-13-7-14-11)5-8-1-3-9(4-2-8)15(18)19/h1-4,6-7,10H,5H2,(H,13,14)(H,16,17). The van der Waals surface area contributed by atoms with Crippen molar-refractivity contribution in [3.8, 4) is 0 Å². The lowest BCUT2D eigenvalue weighted by Crippen LogP contribution is -2.14. The largest absolute Gasteiger partial charge is 0.481 e. The second-order valence-corrected chi connectivity index (χ2v) is 4.03. The number of imidazole rings is 1. The van der Waals surface area contributed by atoms with Gasteiger partial charge in [-0.15, -0.1) is 0 Å². The number of nitrogens with zero attached hydrogens (tertiary/aromatic N) is 2. The molecule has 1 unspecified atom stereocenters. The van der Waals surface area contributed by atoms with Crippen LogP contribution in [0.3, 0.4) is 0 Å². The number of nitro groups is 1. The molecule has 0 fully saturated rings. The summed E-state index contributed by atoms with van der Waals surface area (Å²) in [5.74, 6) is -1.72. The van der Waals surface area contributed by atoms with Gasteiger partial charge in [-0.3, -0.25) is 14.9 Å². The van der Waals surface area contributed by atoms with Crippen molar-refractivity contribution in [2.24, 2.45) is 0 Å². The normalized spacial score (nSPS) is 12.0. The first-order valence-corrected chi connectivity index (χ1v) is 5.52. The van der Waals surface area contributed by atoms with Gasteiger partial charge in [0.15, 0.2) is 0 Å². The van der Waals surface area contributed by atoms with Crippen LogP contribution in [0, 0.1) is 10.1 Å². The zero-order chi connectivity index (χ0) is 13.8. The summed E-state index contributed by atoms with van der Waals surface area (Å²) in [5, 5.41) is 19.7. The maximum Gasteiger partial charge on any atom is 0.312 e. The van der Waals surface area contributed by atoms with Gasteiger partial charge in [-0.2, -0.15) is 0 Å². The van der Waals surface area contributed by atoms with Crippen LogP contribution in [0.4, 0.5) is 5.69 Å². The number of non-ortho nitro benzene ring substituents is 1. The molecular weight excluding hydrogens is 250 g/mol. The Morgan fingerprint density at radius 1 is 1.42 bits per heavy atom. The second kappa shape index (κ2) is 5.30. The Morgan fingerprint density at radius 3 is 2.58 bits per heavy atom. The van der Waals surface area contributed by atoms with Gasteiger partial charge >= 0.3 is 5.97 Å². The molecular formula is C12H11N3O4. The fraction of sp³-hybridized carbons (Fsp3) is 0.167. The van der Waals surface area contributed by atoms with Crippen molar-refractivity contribution in [1.29, 1.82) is 0 Å². The average Bonchev–Trinajstić information content (AvgIpc) is 2.89. The van der Waals surface area contributed by atoms with E-state index in [-0.39, 0.29) is 12.1 Å². The number of carboxylic acids is 1. The topological polar surface area (TPSA) is 109 Å². The minimum Gasteiger partial charge on any atom is -0.481 e. The molecule has 0 saturated heterocycles. The molecule has 0 bridgehead atoms. The number of hydrogen-bond donors (Lipinski definition) is 2. The van der Waals surface area contributed by atoms with Gasteiger partial charge in [0.25, 0.3) is 5.69 Å². The van der Waals surface area contributed by atoms with Crippen LogP contribution in [0.15, 0.2) is 36.8 Å². The number of aromatic nitrogens is 2. The second-order valence-electron chi connectivity index (χ2n) is 4.03. The van der Waals surface area contributed by atoms with Crippen LogP contribution >= 0.6 is 0 Å². The van der Waals surface area contributed by atoms with E-state index in [1.165, 1.54) is 24.7 Å². The third-order valence-electron chi connectivity index (χ3n) is 2.78. The van der Waals surface area contributed by atoms with E-state index in [4.69, 9.17) is 0 Å². The van der Waals surface area contributed by atoms with Crippen molar-refractivity contribution in [2.45, 2.75) is 12.3 Å². The van der Waals surface area contributed by atoms with E-state index in [1.54, 1.807) is 12.1 Å². The summed E-state index contributed by atoms with van der Waals surface area (Å²) in [6.45, 7) is 0. The molecule has 0 radical (unpaired) electrons. The number of H-pyrrole nitrogens is 1. The van der Waals surface area contributed by atoms with Gasteiger partial charge in [0.1, 0.15) is 5.92 Å². The van der Waals surface area contributed by atoms with E-state index >= 15 is 0 Å². The SMILES string of the molecule is O=C(O)C(Cc1ccc([N+](=O)[O-])cc1)c1cnc[nH]1. The summed E-state index contributed by atoms with van der Waals surface area (Å²) in [7, 11) is 0. The predicted molar refractivity (Wildman–Crippen MR) is 65.8 cm³/mol. The fourth-order valence-corrected chi connectivity index (χ4v) is 1.78. The minimum absolute atomic E-state index is 0.0165. The highest BCUT2D eigenvalue weighted by Crippen LogP contribution is 2.21. The summed E-state index contributed by atoms with van der Waals surface area (Å²) in [5.41, 5.74) is 1.20. The number of carbonyl (C=O) groups is 1. The van der Waals surface area contributed by atoms with Crippen LogP contribution in [0.25, 0.3) is 0 Å². The van der Waals surface area contributed by atoms with Crippen molar-refractivity contribution < 1.29 is 14.8 Å². The lowest BCUT2D eigenvalue weighted by atomic mass is 9.97. The molecule has 0 amide bonds.